The van der Waals surface area contributed by atoms with Gasteiger partial charge in [-0.3, -0.25) is 9.88 Å². The fourth-order valence-electron chi connectivity index (χ4n) is 2.90. The second-order valence-electron chi connectivity index (χ2n) is 5.87. The molecule has 3 atom stereocenters. The van der Waals surface area contributed by atoms with Crippen molar-refractivity contribution in [2.75, 3.05) is 26.7 Å². The van der Waals surface area contributed by atoms with Crippen molar-refractivity contribution in [2.24, 2.45) is 5.73 Å². The highest BCUT2D eigenvalue weighted by atomic mass is 19.1. The number of β-amino-alcohol motifs (C(OH)–C–C–N with tert-alkyl or cyclic N) is 1. The molecule has 1 aliphatic rings. The molecule has 1 fully saturated rings. The Morgan fingerprint density at radius 3 is 3.04 bits per heavy atom. The lowest BCUT2D eigenvalue weighted by molar-refractivity contribution is 0.0651. The van der Waals surface area contributed by atoms with Crippen molar-refractivity contribution in [3.05, 3.63) is 30.0 Å². The molecule has 3 rings (SSSR count). The van der Waals surface area contributed by atoms with E-state index < -0.39 is 18.3 Å². The number of ether oxygens (including phenoxy) is 1. The van der Waals surface area contributed by atoms with E-state index in [1.165, 1.54) is 0 Å². The number of nitrogens with two attached hydrogens (primary N) is 1. The Balaban J connectivity index is 1.81. The number of hydrogen-bond donors (Lipinski definition) is 2. The van der Waals surface area contributed by atoms with Gasteiger partial charge in [-0.15, -0.1) is 0 Å². The highest BCUT2D eigenvalue weighted by Gasteiger charge is 2.28. The van der Waals surface area contributed by atoms with Gasteiger partial charge >= 0.3 is 0 Å². The summed E-state index contributed by atoms with van der Waals surface area (Å²) in [5.41, 5.74) is 7.65. The van der Waals surface area contributed by atoms with Gasteiger partial charge in [0.05, 0.1) is 24.2 Å². The summed E-state index contributed by atoms with van der Waals surface area (Å²) in [6, 6.07) is 4.86. The Morgan fingerprint density at radius 2 is 2.30 bits per heavy atom. The van der Waals surface area contributed by atoms with E-state index in [9.17, 15) is 9.50 Å². The van der Waals surface area contributed by atoms with Crippen LogP contribution in [0.2, 0.25) is 0 Å². The minimum atomic E-state index is -1.05. The fraction of sp³-hybridized carbons (Fsp3) is 0.500. The zero-order chi connectivity index (χ0) is 16.4. The van der Waals surface area contributed by atoms with Crippen LogP contribution in [0.25, 0.3) is 11.0 Å². The monoisotopic (exact) mass is 320 g/mol. The topological polar surface area (TPSA) is 84.5 Å². The number of aromatic nitrogens is 2. The van der Waals surface area contributed by atoms with E-state index in [-0.39, 0.29) is 6.54 Å². The number of hydrogen-bond acceptors (Lipinski definition) is 6. The molecule has 0 aromatic carbocycles. The largest absolute Gasteiger partial charge is 0.481 e. The van der Waals surface area contributed by atoms with E-state index in [4.69, 9.17) is 10.5 Å². The van der Waals surface area contributed by atoms with Crippen LogP contribution in [-0.2, 0) is 0 Å². The van der Waals surface area contributed by atoms with Gasteiger partial charge in [0.15, 0.2) is 0 Å². The Morgan fingerprint density at radius 1 is 1.48 bits per heavy atom. The highest BCUT2D eigenvalue weighted by molar-refractivity contribution is 5.78. The van der Waals surface area contributed by atoms with E-state index in [0.29, 0.717) is 42.0 Å². The summed E-state index contributed by atoms with van der Waals surface area (Å²) in [5, 5.41) is 10.6. The predicted octanol–water partition coefficient (Wildman–Crippen LogP) is 1.04. The number of alkyl halides is 1. The minimum absolute atomic E-state index is 0.248. The summed E-state index contributed by atoms with van der Waals surface area (Å²) >= 11 is 0. The quantitative estimate of drug-likeness (QED) is 0.876. The number of rotatable bonds is 4. The molecule has 3 heterocycles. The SMILES string of the molecule is COc1ccc2nccc(C(O)CN3CCC(N)[C@H](F)C3)c2n1. The predicted molar refractivity (Wildman–Crippen MR) is 85.0 cm³/mol. The van der Waals surface area contributed by atoms with Crippen molar-refractivity contribution in [1.82, 2.24) is 14.9 Å². The Hall–Kier alpha value is -1.83. The number of halogens is 1. The molecule has 0 spiro atoms. The number of nitrogens with zero attached hydrogens (tertiary/aromatic N) is 3. The first-order valence-corrected chi connectivity index (χ1v) is 7.68. The lowest BCUT2D eigenvalue weighted by Crippen LogP contribution is -2.49. The number of aliphatic hydroxyl groups excluding tert-OH is 1. The van der Waals surface area contributed by atoms with Crippen LogP contribution < -0.4 is 10.5 Å². The maximum Gasteiger partial charge on any atom is 0.213 e. The second-order valence-corrected chi connectivity index (χ2v) is 5.87. The zero-order valence-electron chi connectivity index (χ0n) is 13.0. The molecule has 0 amide bonds. The first-order chi connectivity index (χ1) is 11.1. The maximum absolute atomic E-state index is 13.7. The van der Waals surface area contributed by atoms with Crippen molar-refractivity contribution >= 4 is 11.0 Å². The van der Waals surface area contributed by atoms with Gasteiger partial charge in [-0.05, 0) is 25.1 Å². The molecule has 0 bridgehead atoms. The lowest BCUT2D eigenvalue weighted by atomic mass is 10.0. The lowest BCUT2D eigenvalue weighted by Gasteiger charge is -2.34. The zero-order valence-corrected chi connectivity index (χ0v) is 13.0. The number of likely N-dealkylation sites (tertiary alicyclic amines) is 1. The van der Waals surface area contributed by atoms with E-state index >= 15 is 0 Å². The molecule has 0 radical (unpaired) electrons. The summed E-state index contributed by atoms with van der Waals surface area (Å²) < 4.78 is 18.9. The van der Waals surface area contributed by atoms with E-state index in [0.717, 1.165) is 0 Å². The molecule has 0 saturated carbocycles. The molecular weight excluding hydrogens is 299 g/mol. The van der Waals surface area contributed by atoms with Crippen LogP contribution in [0.1, 0.15) is 18.1 Å². The van der Waals surface area contributed by atoms with Crippen molar-refractivity contribution < 1.29 is 14.2 Å². The van der Waals surface area contributed by atoms with Crippen LogP contribution in [0.5, 0.6) is 5.88 Å². The Bertz CT molecular complexity index is 684. The number of fused-ring (bicyclic) bond motifs is 1. The normalized spacial score (nSPS) is 23.8. The van der Waals surface area contributed by atoms with E-state index in [2.05, 4.69) is 9.97 Å². The van der Waals surface area contributed by atoms with Crippen LogP contribution in [0.4, 0.5) is 4.39 Å². The summed E-state index contributed by atoms with van der Waals surface area (Å²) in [6.45, 7) is 1.27. The van der Waals surface area contributed by atoms with Gasteiger partial charge < -0.3 is 15.6 Å². The average Bonchev–Trinajstić information content (AvgIpc) is 2.57. The second kappa shape index (κ2) is 6.74. The Labute approximate surface area is 134 Å². The molecule has 1 saturated heterocycles. The molecule has 6 nitrogen and oxygen atoms in total. The van der Waals surface area contributed by atoms with E-state index in [1.807, 2.05) is 4.90 Å². The summed E-state index contributed by atoms with van der Waals surface area (Å²) in [7, 11) is 1.54. The molecule has 7 heteroatoms. The smallest absolute Gasteiger partial charge is 0.213 e. The minimum Gasteiger partial charge on any atom is -0.481 e. The first-order valence-electron chi connectivity index (χ1n) is 7.68. The van der Waals surface area contributed by atoms with Crippen LogP contribution in [-0.4, -0.2) is 58.9 Å². The number of aliphatic hydroxyl groups is 1. The van der Waals surface area contributed by atoms with Gasteiger partial charge in [0, 0.05) is 37.0 Å². The molecule has 3 N–H and O–H groups in total. The third kappa shape index (κ3) is 3.41. The van der Waals surface area contributed by atoms with Gasteiger partial charge in [0.25, 0.3) is 0 Å². The fourth-order valence-corrected chi connectivity index (χ4v) is 2.90. The van der Waals surface area contributed by atoms with Crippen LogP contribution in [0, 0.1) is 0 Å². The molecule has 1 aliphatic heterocycles. The Kier molecular flexibility index (Phi) is 4.70. The van der Waals surface area contributed by atoms with Gasteiger partial charge in [-0.2, -0.15) is 0 Å². The van der Waals surface area contributed by atoms with Gasteiger partial charge in [0.1, 0.15) is 6.17 Å². The third-order valence-corrected chi connectivity index (χ3v) is 4.26. The van der Waals surface area contributed by atoms with Crippen molar-refractivity contribution in [3.63, 3.8) is 0 Å². The first kappa shape index (κ1) is 16.0. The summed E-state index contributed by atoms with van der Waals surface area (Å²) in [5.74, 6) is 0.465. The molecule has 2 aromatic heterocycles. The molecule has 2 aromatic rings. The molecule has 0 aliphatic carbocycles. The molecule has 124 valence electrons. The number of piperidine rings is 1. The highest BCUT2D eigenvalue weighted by Crippen LogP contribution is 2.25. The summed E-state index contributed by atoms with van der Waals surface area (Å²) in [6.07, 6.45) is 0.404. The van der Waals surface area contributed by atoms with Gasteiger partial charge in [0.2, 0.25) is 5.88 Å². The van der Waals surface area contributed by atoms with Crippen LogP contribution in [0.15, 0.2) is 24.4 Å². The number of methoxy groups -OCH3 is 1. The van der Waals surface area contributed by atoms with Gasteiger partial charge in [-0.25, -0.2) is 9.37 Å². The van der Waals surface area contributed by atoms with Gasteiger partial charge in [-0.1, -0.05) is 0 Å². The third-order valence-electron chi connectivity index (χ3n) is 4.26. The van der Waals surface area contributed by atoms with Crippen molar-refractivity contribution in [1.29, 1.82) is 0 Å². The van der Waals surface area contributed by atoms with E-state index in [1.54, 1.807) is 31.5 Å². The average molecular weight is 320 g/mol. The van der Waals surface area contributed by atoms with Crippen LogP contribution >= 0.6 is 0 Å². The number of pyridine rings is 2. The molecule has 2 unspecified atom stereocenters. The summed E-state index contributed by atoms with van der Waals surface area (Å²) in [4.78, 5) is 10.5. The van der Waals surface area contributed by atoms with Crippen molar-refractivity contribution in [2.45, 2.75) is 24.7 Å². The standard InChI is InChI=1S/C16H21FN4O2/c1-23-15-3-2-13-16(20-15)10(4-6-19-13)14(22)9-21-7-5-12(18)11(17)8-21/h2-4,6,11-12,14,22H,5,7-9,18H2,1H3/t11-,12?,14?/m1/s1. The molecular formula is C16H21FN4O2. The van der Waals surface area contributed by atoms with Crippen LogP contribution in [0.3, 0.4) is 0 Å². The molecule has 23 heavy (non-hydrogen) atoms. The van der Waals surface area contributed by atoms with Crippen molar-refractivity contribution in [3.8, 4) is 5.88 Å². The maximum atomic E-state index is 13.7.